The normalized spacial score (nSPS) is 19.7. The molecule has 0 bridgehead atoms. The Bertz CT molecular complexity index is 158. The summed E-state index contributed by atoms with van der Waals surface area (Å²) in [6.07, 6.45) is 1.29. The Morgan fingerprint density at radius 3 is 2.17 bits per heavy atom. The SMILES string of the molecule is CC.CC#CC1(O)CCOCC1. The van der Waals surface area contributed by atoms with E-state index in [9.17, 15) is 5.11 Å². The minimum Gasteiger partial charge on any atom is -0.381 e. The van der Waals surface area contributed by atoms with Crippen LogP contribution in [0.1, 0.15) is 33.6 Å². The predicted octanol–water partition coefficient (Wildman–Crippen LogP) is 1.58. The van der Waals surface area contributed by atoms with Gasteiger partial charge in [0.2, 0.25) is 0 Å². The van der Waals surface area contributed by atoms with Crippen molar-refractivity contribution in [1.29, 1.82) is 0 Å². The van der Waals surface area contributed by atoms with E-state index in [1.165, 1.54) is 0 Å². The number of ether oxygens (including phenoxy) is 1. The van der Waals surface area contributed by atoms with Gasteiger partial charge in [0.15, 0.2) is 0 Å². The molecule has 1 aliphatic rings. The summed E-state index contributed by atoms with van der Waals surface area (Å²) in [5.74, 6) is 5.51. The third kappa shape index (κ3) is 3.75. The molecule has 0 aromatic rings. The van der Waals surface area contributed by atoms with Crippen LogP contribution in [0, 0.1) is 11.8 Å². The monoisotopic (exact) mass is 170 g/mol. The first-order chi connectivity index (χ1) is 5.77. The Hall–Kier alpha value is -0.520. The fraction of sp³-hybridized carbons (Fsp3) is 0.800. The molecule has 70 valence electrons. The number of rotatable bonds is 0. The summed E-state index contributed by atoms with van der Waals surface area (Å²) >= 11 is 0. The van der Waals surface area contributed by atoms with Gasteiger partial charge in [-0.15, -0.1) is 5.92 Å². The second-order valence-corrected chi connectivity index (χ2v) is 2.52. The Morgan fingerprint density at radius 1 is 1.25 bits per heavy atom. The zero-order valence-electron chi connectivity index (χ0n) is 8.18. The molecule has 1 rings (SSSR count). The van der Waals surface area contributed by atoms with Gasteiger partial charge in [0.1, 0.15) is 5.60 Å². The first-order valence-corrected chi connectivity index (χ1v) is 4.51. The van der Waals surface area contributed by atoms with Crippen molar-refractivity contribution in [2.24, 2.45) is 0 Å². The Labute approximate surface area is 74.9 Å². The molecule has 0 saturated carbocycles. The molecule has 2 nitrogen and oxygen atoms in total. The van der Waals surface area contributed by atoms with Crippen molar-refractivity contribution in [3.05, 3.63) is 0 Å². The quantitative estimate of drug-likeness (QED) is 0.559. The van der Waals surface area contributed by atoms with Crippen molar-refractivity contribution in [3.63, 3.8) is 0 Å². The maximum Gasteiger partial charge on any atom is 0.129 e. The van der Waals surface area contributed by atoms with Crippen LogP contribution in [0.4, 0.5) is 0 Å². The van der Waals surface area contributed by atoms with E-state index >= 15 is 0 Å². The maximum atomic E-state index is 9.62. The molecule has 2 heteroatoms. The predicted molar refractivity (Wildman–Crippen MR) is 49.8 cm³/mol. The molecule has 12 heavy (non-hydrogen) atoms. The molecule has 0 unspecified atom stereocenters. The van der Waals surface area contributed by atoms with E-state index in [-0.39, 0.29) is 0 Å². The highest BCUT2D eigenvalue weighted by atomic mass is 16.5. The van der Waals surface area contributed by atoms with E-state index in [0.717, 1.165) is 0 Å². The molecule has 1 aliphatic heterocycles. The number of hydrogen-bond donors (Lipinski definition) is 1. The summed E-state index contributed by atoms with van der Waals surface area (Å²) in [4.78, 5) is 0. The minimum absolute atomic E-state index is 0.630. The van der Waals surface area contributed by atoms with Crippen LogP contribution in [0.5, 0.6) is 0 Å². The molecule has 0 atom stereocenters. The molecular formula is C10H18O2. The smallest absolute Gasteiger partial charge is 0.129 e. The lowest BCUT2D eigenvalue weighted by molar-refractivity contribution is -0.0262. The first kappa shape index (κ1) is 11.5. The van der Waals surface area contributed by atoms with Crippen LogP contribution < -0.4 is 0 Å². The van der Waals surface area contributed by atoms with Crippen LogP contribution in [0.2, 0.25) is 0 Å². The van der Waals surface area contributed by atoms with Gasteiger partial charge in [-0.1, -0.05) is 19.8 Å². The van der Waals surface area contributed by atoms with Gasteiger partial charge in [-0.3, -0.25) is 0 Å². The Balaban J connectivity index is 0.000000561. The van der Waals surface area contributed by atoms with Gasteiger partial charge < -0.3 is 9.84 Å². The van der Waals surface area contributed by atoms with Crippen molar-refractivity contribution in [2.75, 3.05) is 13.2 Å². The molecule has 0 aromatic carbocycles. The van der Waals surface area contributed by atoms with E-state index in [0.29, 0.717) is 26.1 Å². The fourth-order valence-corrected chi connectivity index (χ4v) is 1.07. The summed E-state index contributed by atoms with van der Waals surface area (Å²) in [6, 6.07) is 0. The van der Waals surface area contributed by atoms with Crippen molar-refractivity contribution in [1.82, 2.24) is 0 Å². The van der Waals surface area contributed by atoms with Crippen molar-refractivity contribution < 1.29 is 9.84 Å². The van der Waals surface area contributed by atoms with E-state index in [1.807, 2.05) is 13.8 Å². The lowest BCUT2D eigenvalue weighted by Gasteiger charge is -2.26. The number of aliphatic hydroxyl groups is 1. The standard InChI is InChI=1S/C8H12O2.C2H6/c1-2-3-8(9)4-6-10-7-5-8;1-2/h9H,4-7H2,1H3;1-2H3. The third-order valence-electron chi connectivity index (χ3n) is 1.68. The molecule has 1 heterocycles. The van der Waals surface area contributed by atoms with Gasteiger partial charge in [-0.2, -0.15) is 0 Å². The zero-order chi connectivity index (χ0) is 9.45. The number of hydrogen-bond acceptors (Lipinski definition) is 2. The Morgan fingerprint density at radius 2 is 1.75 bits per heavy atom. The van der Waals surface area contributed by atoms with Gasteiger partial charge in [0.25, 0.3) is 0 Å². The largest absolute Gasteiger partial charge is 0.381 e. The lowest BCUT2D eigenvalue weighted by Crippen LogP contribution is -2.34. The van der Waals surface area contributed by atoms with Crippen molar-refractivity contribution in [2.45, 2.75) is 39.2 Å². The molecule has 0 aliphatic carbocycles. The maximum absolute atomic E-state index is 9.62. The van der Waals surface area contributed by atoms with Crippen molar-refractivity contribution in [3.8, 4) is 11.8 Å². The van der Waals surface area contributed by atoms with E-state index < -0.39 is 5.60 Å². The molecular weight excluding hydrogens is 152 g/mol. The van der Waals surface area contributed by atoms with Crippen LogP contribution in [0.15, 0.2) is 0 Å². The first-order valence-electron chi connectivity index (χ1n) is 4.51. The molecule has 1 N–H and O–H groups in total. The molecule has 1 saturated heterocycles. The summed E-state index contributed by atoms with van der Waals surface area (Å²) in [5, 5.41) is 9.62. The van der Waals surface area contributed by atoms with Gasteiger partial charge >= 0.3 is 0 Å². The molecule has 0 aromatic heterocycles. The van der Waals surface area contributed by atoms with Crippen LogP contribution in [0.25, 0.3) is 0 Å². The molecule has 1 fully saturated rings. The highest BCUT2D eigenvalue weighted by Crippen LogP contribution is 2.18. The minimum atomic E-state index is -0.757. The summed E-state index contributed by atoms with van der Waals surface area (Å²) in [7, 11) is 0. The second kappa shape index (κ2) is 6.05. The van der Waals surface area contributed by atoms with E-state index in [1.54, 1.807) is 6.92 Å². The topological polar surface area (TPSA) is 29.5 Å². The van der Waals surface area contributed by atoms with Crippen LogP contribution in [-0.2, 0) is 4.74 Å². The molecule has 0 radical (unpaired) electrons. The summed E-state index contributed by atoms with van der Waals surface area (Å²) in [6.45, 7) is 7.00. The molecule has 0 amide bonds. The second-order valence-electron chi connectivity index (χ2n) is 2.52. The third-order valence-corrected chi connectivity index (χ3v) is 1.68. The van der Waals surface area contributed by atoms with E-state index in [4.69, 9.17) is 4.74 Å². The molecule has 0 spiro atoms. The van der Waals surface area contributed by atoms with Crippen LogP contribution in [0.3, 0.4) is 0 Å². The van der Waals surface area contributed by atoms with Crippen LogP contribution in [-0.4, -0.2) is 23.9 Å². The van der Waals surface area contributed by atoms with Crippen LogP contribution >= 0.6 is 0 Å². The van der Waals surface area contributed by atoms with Gasteiger partial charge in [0.05, 0.1) is 13.2 Å². The lowest BCUT2D eigenvalue weighted by atomic mass is 9.95. The summed E-state index contributed by atoms with van der Waals surface area (Å²) < 4.78 is 5.08. The van der Waals surface area contributed by atoms with Gasteiger partial charge in [-0.25, -0.2) is 0 Å². The summed E-state index contributed by atoms with van der Waals surface area (Å²) in [5.41, 5.74) is -0.757. The van der Waals surface area contributed by atoms with Crippen molar-refractivity contribution >= 4 is 0 Å². The van der Waals surface area contributed by atoms with Gasteiger partial charge in [-0.05, 0) is 6.92 Å². The fourth-order valence-electron chi connectivity index (χ4n) is 1.07. The van der Waals surface area contributed by atoms with E-state index in [2.05, 4.69) is 11.8 Å². The zero-order valence-corrected chi connectivity index (χ0v) is 8.18. The highest BCUT2D eigenvalue weighted by Gasteiger charge is 2.26. The Kier molecular flexibility index (Phi) is 5.79. The average Bonchev–Trinajstić information content (AvgIpc) is 2.09. The highest BCUT2D eigenvalue weighted by molar-refractivity contribution is 5.12. The average molecular weight is 170 g/mol. The van der Waals surface area contributed by atoms with Gasteiger partial charge in [0, 0.05) is 12.8 Å².